The van der Waals surface area contributed by atoms with Crippen molar-refractivity contribution < 1.29 is 12.3 Å². The third-order valence-electron chi connectivity index (χ3n) is 3.14. The van der Waals surface area contributed by atoms with Crippen LogP contribution in [0.2, 0.25) is 85.1 Å². The summed E-state index contributed by atoms with van der Waals surface area (Å²) in [5.74, 6) is 0. The predicted octanol–water partition coefficient (Wildman–Crippen LogP) is 4.79. The van der Waals surface area contributed by atoms with E-state index in [4.69, 9.17) is 12.3 Å². The maximum atomic E-state index is 6.62. The lowest BCUT2D eigenvalue weighted by Gasteiger charge is -2.43. The minimum absolute atomic E-state index is 1.40. The second kappa shape index (κ2) is 8.69. The van der Waals surface area contributed by atoms with Crippen LogP contribution in [0.1, 0.15) is 0 Å². The molecule has 26 heavy (non-hydrogen) atoms. The molecule has 156 valence electrons. The zero-order valence-corrected chi connectivity index (χ0v) is 25.5. The molecule has 1 unspecified atom stereocenters. The highest BCUT2D eigenvalue weighted by Gasteiger charge is 2.45. The molecule has 2 N–H and O–H groups in total. The minimum Gasteiger partial charge on any atom is -0.425 e. The van der Waals surface area contributed by atoms with Crippen LogP contribution in [0, 0.1) is 0 Å². The van der Waals surface area contributed by atoms with Crippen LogP contribution >= 0.6 is 0 Å². The van der Waals surface area contributed by atoms with Gasteiger partial charge in [0, 0.05) is 0 Å². The van der Waals surface area contributed by atoms with Crippen molar-refractivity contribution in [2.45, 2.75) is 85.1 Å². The van der Waals surface area contributed by atoms with Crippen molar-refractivity contribution in [3.8, 4) is 0 Å². The van der Waals surface area contributed by atoms with Gasteiger partial charge < -0.3 is 21.6 Å². The lowest BCUT2D eigenvalue weighted by molar-refractivity contribution is 0.327. The van der Waals surface area contributed by atoms with E-state index in [9.17, 15) is 0 Å². The van der Waals surface area contributed by atoms with Crippen molar-refractivity contribution in [3.63, 3.8) is 0 Å². The van der Waals surface area contributed by atoms with E-state index in [1.54, 1.807) is 0 Å². The second-order valence-corrected chi connectivity index (χ2v) is 35.4. The third kappa shape index (κ3) is 12.3. The van der Waals surface area contributed by atoms with Gasteiger partial charge in [0.2, 0.25) is 8.48 Å². The fourth-order valence-electron chi connectivity index (χ4n) is 3.55. The first kappa shape index (κ1) is 26.8. The van der Waals surface area contributed by atoms with Gasteiger partial charge in [0.15, 0.2) is 0 Å². The Labute approximate surface area is 169 Å². The Morgan fingerprint density at radius 2 is 0.962 bits per heavy atom. The van der Waals surface area contributed by atoms with E-state index in [1.165, 1.54) is 0 Å². The highest BCUT2D eigenvalue weighted by atomic mass is 28.5. The molecule has 1 atom stereocenters. The Bertz CT molecular complexity index is 489. The highest BCUT2D eigenvalue weighted by molar-refractivity contribution is 6.96. The smallest absolute Gasteiger partial charge is 0.313 e. The number of nitrogens with one attached hydrogen (secondary N) is 2. The maximum Gasteiger partial charge on any atom is 0.313 e. The highest BCUT2D eigenvalue weighted by Crippen LogP contribution is 2.24. The molecule has 0 saturated heterocycles. The Balaban J connectivity index is 5.18. The van der Waals surface area contributed by atoms with Gasteiger partial charge in [0.05, 0.1) is 0 Å². The maximum absolute atomic E-state index is 6.62. The van der Waals surface area contributed by atoms with Gasteiger partial charge in [-0.15, -0.1) is 6.58 Å². The number of hydrogen-bond acceptors (Lipinski definition) is 5. The molecule has 0 radical (unpaired) electrons. The summed E-state index contributed by atoms with van der Waals surface area (Å²) in [5.41, 5.74) is 1.99. The molecule has 0 aliphatic carbocycles. The Morgan fingerprint density at radius 3 is 1.31 bits per heavy atom. The molecule has 0 saturated carbocycles. The molecule has 0 aliphatic heterocycles. The second-order valence-electron chi connectivity index (χ2n) is 10.7. The summed E-state index contributed by atoms with van der Waals surface area (Å²) in [7, 11) is -11.7. The summed E-state index contributed by atoms with van der Waals surface area (Å²) in [6, 6.07) is 0. The largest absolute Gasteiger partial charge is 0.425 e. The molecule has 5 nitrogen and oxygen atoms in total. The van der Waals surface area contributed by atoms with E-state index in [-0.39, 0.29) is 0 Å². The van der Waals surface area contributed by atoms with Crippen LogP contribution in [0.25, 0.3) is 0 Å². The lowest BCUT2D eigenvalue weighted by Crippen LogP contribution is -2.67. The van der Waals surface area contributed by atoms with E-state index in [1.807, 2.05) is 5.70 Å². The topological polar surface area (TPSA) is 51.8 Å². The molecule has 0 aromatic carbocycles. The first-order valence-electron chi connectivity index (χ1n) is 9.42. The van der Waals surface area contributed by atoms with Gasteiger partial charge in [-0.25, -0.2) is 0 Å². The minimum atomic E-state index is -2.36. The summed E-state index contributed by atoms with van der Waals surface area (Å²) in [4.78, 5) is 0. The van der Waals surface area contributed by atoms with Crippen molar-refractivity contribution >= 4 is 50.6 Å². The van der Waals surface area contributed by atoms with E-state index >= 15 is 0 Å². The SMILES string of the molecule is C=C[Si](C)(N[Si](C)(C)C)O[Si](C)(C)O[Si](C)(C)O[Si](C)(C)N[Si](C)(C)C. The van der Waals surface area contributed by atoms with Crippen molar-refractivity contribution in [3.05, 3.63) is 12.3 Å². The first-order chi connectivity index (χ1) is 11.1. The molecule has 0 heterocycles. The lowest BCUT2D eigenvalue weighted by atomic mass is 11.3. The van der Waals surface area contributed by atoms with Gasteiger partial charge >= 0.3 is 17.1 Å². The number of hydrogen-bond donors (Lipinski definition) is 2. The number of rotatable bonds is 11. The van der Waals surface area contributed by atoms with Crippen molar-refractivity contribution in [1.29, 1.82) is 0 Å². The molecule has 0 aliphatic rings. The Morgan fingerprint density at radius 1 is 0.577 bits per heavy atom. The molecular formula is C15H44N2O3Si6. The van der Waals surface area contributed by atoms with Gasteiger partial charge in [-0.3, -0.25) is 0 Å². The van der Waals surface area contributed by atoms with Crippen LogP contribution in [-0.4, -0.2) is 50.6 Å². The standard InChI is InChI=1S/C15H44N2O3Si6/c1-15-26(14,17-22(5,6)7)20-25(12,13)19-24(10,11)18-23(8,9)16-21(2,3)4/h15-17H,1H2,2-14H3. The van der Waals surface area contributed by atoms with E-state index < -0.39 is 50.6 Å². The summed E-state index contributed by atoms with van der Waals surface area (Å²) in [5, 5.41) is 0. The molecule has 11 heteroatoms. The summed E-state index contributed by atoms with van der Waals surface area (Å²) < 4.78 is 27.4. The van der Waals surface area contributed by atoms with Crippen LogP contribution in [0.15, 0.2) is 12.3 Å². The average molecular weight is 469 g/mol. The van der Waals surface area contributed by atoms with E-state index in [0.29, 0.717) is 0 Å². The molecule has 0 aromatic rings. The molecule has 0 bridgehead atoms. The Hall–Kier alpha value is 0.841. The van der Waals surface area contributed by atoms with Crippen LogP contribution < -0.4 is 9.30 Å². The van der Waals surface area contributed by atoms with Crippen LogP contribution in [0.3, 0.4) is 0 Å². The zero-order valence-electron chi connectivity index (χ0n) is 19.5. The van der Waals surface area contributed by atoms with Crippen LogP contribution in [-0.2, 0) is 12.3 Å². The van der Waals surface area contributed by atoms with Gasteiger partial charge in [0.1, 0.15) is 16.5 Å². The quantitative estimate of drug-likeness (QED) is 0.427. The molecule has 0 amide bonds. The molecular weight excluding hydrogens is 425 g/mol. The van der Waals surface area contributed by atoms with Crippen molar-refractivity contribution in [2.24, 2.45) is 0 Å². The van der Waals surface area contributed by atoms with E-state index in [2.05, 4.69) is 101 Å². The van der Waals surface area contributed by atoms with Gasteiger partial charge in [-0.2, -0.15) is 0 Å². The molecule has 0 spiro atoms. The monoisotopic (exact) mass is 468 g/mol. The van der Waals surface area contributed by atoms with Gasteiger partial charge in [0.25, 0.3) is 8.48 Å². The Kier molecular flexibility index (Phi) is 8.97. The summed E-state index contributed by atoms with van der Waals surface area (Å²) >= 11 is 0. The first-order valence-corrected chi connectivity index (χ1v) is 27.4. The van der Waals surface area contributed by atoms with Gasteiger partial charge in [-0.1, -0.05) is 45.0 Å². The van der Waals surface area contributed by atoms with Crippen LogP contribution in [0.5, 0.6) is 0 Å². The average Bonchev–Trinajstić information content (AvgIpc) is 2.16. The summed E-state index contributed by atoms with van der Waals surface area (Å²) in [6.07, 6.45) is 0. The molecule has 0 rings (SSSR count). The zero-order chi connectivity index (χ0) is 21.2. The van der Waals surface area contributed by atoms with Gasteiger partial charge in [-0.05, 0) is 45.8 Å². The fourth-order valence-corrected chi connectivity index (χ4v) is 33.6. The summed E-state index contributed by atoms with van der Waals surface area (Å²) in [6.45, 7) is 33.0. The third-order valence-corrected chi connectivity index (χ3v) is 25.9. The predicted molar refractivity (Wildman–Crippen MR) is 130 cm³/mol. The van der Waals surface area contributed by atoms with Crippen molar-refractivity contribution in [2.75, 3.05) is 0 Å². The normalized spacial score (nSPS) is 17.1. The van der Waals surface area contributed by atoms with Crippen LogP contribution in [0.4, 0.5) is 0 Å². The van der Waals surface area contributed by atoms with E-state index in [0.717, 1.165) is 0 Å². The molecule has 0 aromatic heterocycles. The molecule has 0 fully saturated rings. The van der Waals surface area contributed by atoms with Crippen molar-refractivity contribution in [1.82, 2.24) is 9.30 Å². The fraction of sp³-hybridized carbons (Fsp3) is 0.867.